The van der Waals surface area contributed by atoms with Crippen molar-refractivity contribution in [2.45, 2.75) is 134 Å². The number of amides is 4. The molecule has 4 atom stereocenters. The summed E-state index contributed by atoms with van der Waals surface area (Å²) in [5, 5.41) is 30.4. The quantitative estimate of drug-likeness (QED) is 0.0611. The lowest BCUT2D eigenvalue weighted by Gasteiger charge is -2.36. The van der Waals surface area contributed by atoms with Crippen LogP contribution in [0.4, 0.5) is 17.6 Å². The Hall–Kier alpha value is -6.00. The third-order valence-electron chi connectivity index (χ3n) is 13.9. The first-order valence-electron chi connectivity index (χ1n) is 25.0. The highest BCUT2D eigenvalue weighted by Gasteiger charge is 2.53. The molecule has 4 amide bonds. The number of aromatic nitrogens is 4. The highest BCUT2D eigenvalue weighted by Crippen LogP contribution is 2.41. The maximum absolute atomic E-state index is 14.7. The first-order chi connectivity index (χ1) is 34.8. The number of fused-ring (bicyclic) bond motifs is 1. The molecule has 17 nitrogen and oxygen atoms in total. The number of thiazole rings is 1. The lowest BCUT2D eigenvalue weighted by Crippen LogP contribution is -2.59. The minimum absolute atomic E-state index is 0.0623. The van der Waals surface area contributed by atoms with Crippen molar-refractivity contribution in [1.29, 1.82) is 0 Å². The summed E-state index contributed by atoms with van der Waals surface area (Å²) >= 11 is 1.50. The molecular formula is C51H64F4N10O7S. The number of aryl methyl sites for hydroxylation is 2. The Labute approximate surface area is 425 Å². The molecule has 22 heteroatoms. The Bertz CT molecular complexity index is 2610. The number of alkyl halides is 4. The van der Waals surface area contributed by atoms with Crippen LogP contribution < -0.4 is 20.7 Å². The molecule has 4 aliphatic rings. The fourth-order valence-corrected chi connectivity index (χ4v) is 10.3. The number of piperidine rings is 1. The molecule has 3 aliphatic heterocycles. The van der Waals surface area contributed by atoms with Crippen molar-refractivity contribution in [3.63, 3.8) is 0 Å². The van der Waals surface area contributed by atoms with Crippen molar-refractivity contribution < 1.29 is 51.3 Å². The highest BCUT2D eigenvalue weighted by atomic mass is 32.1. The van der Waals surface area contributed by atoms with Gasteiger partial charge in [-0.15, -0.1) is 21.5 Å². The van der Waals surface area contributed by atoms with E-state index in [-0.39, 0.29) is 57.1 Å². The molecule has 1 unspecified atom stereocenters. The van der Waals surface area contributed by atoms with Crippen LogP contribution in [0.3, 0.4) is 0 Å². The second-order valence-electron chi connectivity index (χ2n) is 20.4. The fraction of sp³-hybridized carbons (Fsp3) is 0.569. The second kappa shape index (κ2) is 22.6. The number of nitrogens with zero attached hydrogens (tertiary/aromatic N) is 7. The standard InChI is InChI=1S/C51H64F4N10O7S/c1-31-43(73-30-57-31)35-9-7-34(8-10-35)38(58-45(68)39-27-36(66)29-64(39)46(69)44(49(2,3)4)59-48(70)50(52)19-20-50)28-42(67)56-21-26-71-24-5-6-25-72-37-13-11-32(12-14-37)33-17-22-63(23-18-33)41-16-15-40-60-61-47(51(53,54)55)65(40)62-41/h7-14,30,33,36,38-39,44,66H,5-6,15-29H2,1-4H3,(H,56,67)(H,58,68)(H,59,70)/t36-,38+,39?,44-/m1/s1. The van der Waals surface area contributed by atoms with Gasteiger partial charge in [0.05, 0.1) is 47.9 Å². The van der Waals surface area contributed by atoms with E-state index in [0.29, 0.717) is 56.5 Å². The van der Waals surface area contributed by atoms with Crippen LogP contribution in [0.2, 0.25) is 0 Å². The summed E-state index contributed by atoms with van der Waals surface area (Å²) in [6.07, 6.45) is -1.66. The lowest BCUT2D eigenvalue weighted by molar-refractivity contribution is -0.147. The summed E-state index contributed by atoms with van der Waals surface area (Å²) in [7, 11) is 0. The number of likely N-dealkylation sites (tertiary alicyclic amines) is 2. The van der Waals surface area contributed by atoms with Crippen LogP contribution in [0.5, 0.6) is 5.75 Å². The van der Waals surface area contributed by atoms with Gasteiger partial charge in [0.25, 0.3) is 11.7 Å². The minimum atomic E-state index is -4.63. The summed E-state index contributed by atoms with van der Waals surface area (Å²) in [5.74, 6) is -1.59. The van der Waals surface area contributed by atoms with Gasteiger partial charge in [0.15, 0.2) is 11.5 Å². The molecule has 0 radical (unpaired) electrons. The third kappa shape index (κ3) is 13.2. The molecule has 4 N–H and O–H groups in total. The number of nitrogens with one attached hydrogen (secondary N) is 3. The number of aliphatic hydroxyl groups is 1. The molecule has 73 heavy (non-hydrogen) atoms. The van der Waals surface area contributed by atoms with E-state index in [4.69, 9.17) is 9.47 Å². The third-order valence-corrected chi connectivity index (χ3v) is 14.8. The van der Waals surface area contributed by atoms with Gasteiger partial charge in [0.2, 0.25) is 17.7 Å². The van der Waals surface area contributed by atoms with E-state index in [9.17, 15) is 41.8 Å². The topological polar surface area (TPSA) is 206 Å². The van der Waals surface area contributed by atoms with E-state index in [0.717, 1.165) is 52.2 Å². The molecule has 1 aliphatic carbocycles. The predicted molar refractivity (Wildman–Crippen MR) is 263 cm³/mol. The van der Waals surface area contributed by atoms with E-state index in [1.54, 1.807) is 26.3 Å². The van der Waals surface area contributed by atoms with Crippen molar-refractivity contribution in [2.75, 3.05) is 46.0 Å². The summed E-state index contributed by atoms with van der Waals surface area (Å²) in [5.41, 5.74) is 2.53. The van der Waals surface area contributed by atoms with Gasteiger partial charge in [-0.05, 0) is 85.6 Å². The van der Waals surface area contributed by atoms with Gasteiger partial charge in [-0.2, -0.15) is 22.9 Å². The van der Waals surface area contributed by atoms with Crippen LogP contribution >= 0.6 is 11.3 Å². The van der Waals surface area contributed by atoms with Gasteiger partial charge in [0, 0.05) is 52.0 Å². The first-order valence-corrected chi connectivity index (χ1v) is 25.9. The molecule has 2 aromatic carbocycles. The molecule has 394 valence electrons. The normalized spacial score (nSPS) is 19.7. The van der Waals surface area contributed by atoms with Crippen LogP contribution in [0.25, 0.3) is 10.4 Å². The molecule has 4 aromatic rings. The molecule has 3 fully saturated rings. The van der Waals surface area contributed by atoms with Gasteiger partial charge < -0.3 is 40.3 Å². The zero-order chi connectivity index (χ0) is 52.1. The number of carbonyl (C=O) groups is 4. The summed E-state index contributed by atoms with van der Waals surface area (Å²) in [4.78, 5) is 63.0. The number of halogens is 4. The lowest BCUT2D eigenvalue weighted by atomic mass is 9.85. The van der Waals surface area contributed by atoms with Crippen molar-refractivity contribution in [1.82, 2.24) is 45.6 Å². The van der Waals surface area contributed by atoms with Crippen LogP contribution in [0.1, 0.15) is 119 Å². The Balaban J connectivity index is 0.768. The van der Waals surface area contributed by atoms with E-state index >= 15 is 0 Å². The molecule has 2 saturated heterocycles. The van der Waals surface area contributed by atoms with E-state index in [2.05, 4.69) is 53.3 Å². The highest BCUT2D eigenvalue weighted by molar-refractivity contribution is 7.13. The number of amidine groups is 1. The number of hydrogen-bond acceptors (Lipinski definition) is 13. The van der Waals surface area contributed by atoms with E-state index in [1.165, 1.54) is 21.8 Å². The number of carbonyl (C=O) groups excluding carboxylic acids is 4. The van der Waals surface area contributed by atoms with Crippen molar-refractivity contribution in [3.05, 3.63) is 82.5 Å². The average molecular weight is 1040 g/mol. The molecule has 2 aromatic heterocycles. The van der Waals surface area contributed by atoms with Gasteiger partial charge in [-0.1, -0.05) is 57.2 Å². The monoisotopic (exact) mass is 1040 g/mol. The largest absolute Gasteiger partial charge is 0.494 e. The Kier molecular flexibility index (Phi) is 16.5. The maximum atomic E-state index is 14.7. The van der Waals surface area contributed by atoms with Gasteiger partial charge in [-0.25, -0.2) is 9.37 Å². The first kappa shape index (κ1) is 53.3. The van der Waals surface area contributed by atoms with Crippen LogP contribution in [0, 0.1) is 12.3 Å². The Morgan fingerprint density at radius 1 is 0.932 bits per heavy atom. The molecule has 0 spiro atoms. The molecule has 8 rings (SSSR count). The fourth-order valence-electron chi connectivity index (χ4n) is 9.47. The molecule has 1 saturated carbocycles. The average Bonchev–Trinajstić information content (AvgIpc) is 3.63. The number of aliphatic hydroxyl groups excluding tert-OH is 1. The van der Waals surface area contributed by atoms with Crippen molar-refractivity contribution in [3.8, 4) is 16.2 Å². The maximum Gasteiger partial charge on any atom is 0.453 e. The summed E-state index contributed by atoms with van der Waals surface area (Å²) < 4.78 is 67.5. The van der Waals surface area contributed by atoms with Gasteiger partial charge in [0.1, 0.15) is 23.7 Å². The number of β-amino-alcohol motifs (C(OH)–C–C–N with tert-alkyl or cyclic N) is 1. The molecular weight excluding hydrogens is 973 g/mol. The SMILES string of the molecule is Cc1ncsc1-c1ccc([C@H](CC(=O)NCCOCCCCOc2ccc(C3CCN(C4=Nn5c(nnc5C(F)(F)F)CC4)CC3)cc2)NC(=O)C2C[C@@H](O)CN2C(=O)[C@@H](NC(=O)C2(F)CC2)C(C)(C)C)cc1. The van der Waals surface area contributed by atoms with Crippen LogP contribution in [0.15, 0.2) is 59.1 Å². The van der Waals surface area contributed by atoms with E-state index < -0.39 is 65.0 Å². The second-order valence-corrected chi connectivity index (χ2v) is 21.3. The predicted octanol–water partition coefficient (Wildman–Crippen LogP) is 6.25. The zero-order valence-electron chi connectivity index (χ0n) is 41.6. The smallest absolute Gasteiger partial charge is 0.453 e. The molecule has 5 heterocycles. The number of rotatable bonds is 19. The number of hydrogen-bond donors (Lipinski definition) is 4. The van der Waals surface area contributed by atoms with Crippen LogP contribution in [-0.2, 0) is 36.5 Å². The number of unbranched alkanes of at least 4 members (excludes halogenated alkanes) is 1. The van der Waals surface area contributed by atoms with Crippen LogP contribution in [-0.4, -0.2) is 134 Å². The van der Waals surface area contributed by atoms with Gasteiger partial charge >= 0.3 is 6.18 Å². The summed E-state index contributed by atoms with van der Waals surface area (Å²) in [6, 6.07) is 12.4. The molecule has 0 bridgehead atoms. The number of benzene rings is 2. The van der Waals surface area contributed by atoms with Crippen molar-refractivity contribution >= 4 is 40.8 Å². The van der Waals surface area contributed by atoms with Crippen molar-refractivity contribution in [2.24, 2.45) is 10.5 Å². The van der Waals surface area contributed by atoms with E-state index in [1.807, 2.05) is 43.3 Å². The summed E-state index contributed by atoms with van der Waals surface area (Å²) in [6.45, 7) is 9.76. The van der Waals surface area contributed by atoms with Gasteiger partial charge in [-0.3, -0.25) is 19.2 Å². The minimum Gasteiger partial charge on any atom is -0.494 e. The number of ether oxygens (including phenoxy) is 2. The Morgan fingerprint density at radius 2 is 1.64 bits per heavy atom. The Morgan fingerprint density at radius 3 is 2.30 bits per heavy atom. The zero-order valence-corrected chi connectivity index (χ0v) is 42.4.